The zero-order chi connectivity index (χ0) is 17.9. The first-order valence-electron chi connectivity index (χ1n) is 6.89. The monoisotopic (exact) mass is 410 g/mol. The Kier molecular flexibility index (Phi) is 5.84. The Morgan fingerprint density at radius 2 is 1.92 bits per heavy atom. The Labute approximate surface area is 151 Å². The van der Waals surface area contributed by atoms with Crippen LogP contribution in [0.25, 0.3) is 0 Å². The molecule has 1 N–H and O–H groups in total. The SMILES string of the molecule is CN(C)C(=O)c1cc(O)ccc1Sc1ccc(CBr)cc1[N+](=O)[O-]. The number of amides is 1. The van der Waals surface area contributed by atoms with Crippen LogP contribution in [-0.2, 0) is 5.33 Å². The summed E-state index contributed by atoms with van der Waals surface area (Å²) < 4.78 is 0. The number of hydrogen-bond acceptors (Lipinski definition) is 5. The van der Waals surface area contributed by atoms with Crippen LogP contribution in [0.1, 0.15) is 15.9 Å². The highest BCUT2D eigenvalue weighted by molar-refractivity contribution is 9.08. The van der Waals surface area contributed by atoms with Crippen molar-refractivity contribution >= 4 is 39.3 Å². The molecule has 2 aromatic rings. The van der Waals surface area contributed by atoms with E-state index in [9.17, 15) is 20.0 Å². The number of halogens is 1. The number of phenols is 1. The van der Waals surface area contributed by atoms with Gasteiger partial charge in [-0.15, -0.1) is 0 Å². The molecule has 0 spiro atoms. The number of hydrogen-bond donors (Lipinski definition) is 1. The Hall–Kier alpha value is -2.06. The van der Waals surface area contributed by atoms with E-state index in [-0.39, 0.29) is 17.3 Å². The van der Waals surface area contributed by atoms with Gasteiger partial charge in [-0.25, -0.2) is 0 Å². The van der Waals surface area contributed by atoms with Gasteiger partial charge < -0.3 is 10.0 Å². The van der Waals surface area contributed by atoms with Crippen LogP contribution in [0.4, 0.5) is 5.69 Å². The molecule has 0 aliphatic carbocycles. The van der Waals surface area contributed by atoms with E-state index < -0.39 is 4.92 Å². The topological polar surface area (TPSA) is 83.7 Å². The van der Waals surface area contributed by atoms with Crippen LogP contribution in [0.3, 0.4) is 0 Å². The number of benzene rings is 2. The van der Waals surface area contributed by atoms with Gasteiger partial charge in [0.15, 0.2) is 0 Å². The predicted molar refractivity (Wildman–Crippen MR) is 96.0 cm³/mol. The van der Waals surface area contributed by atoms with Crippen molar-refractivity contribution in [2.75, 3.05) is 14.1 Å². The summed E-state index contributed by atoms with van der Waals surface area (Å²) in [6.07, 6.45) is 0. The Morgan fingerprint density at radius 1 is 1.25 bits per heavy atom. The summed E-state index contributed by atoms with van der Waals surface area (Å²) in [4.78, 5) is 25.5. The minimum atomic E-state index is -0.442. The second-order valence-corrected chi connectivity index (χ2v) is 6.82. The molecule has 0 atom stereocenters. The summed E-state index contributed by atoms with van der Waals surface area (Å²) in [6.45, 7) is 0. The van der Waals surface area contributed by atoms with Gasteiger partial charge in [0.1, 0.15) is 5.75 Å². The fraction of sp³-hybridized carbons (Fsp3) is 0.188. The second kappa shape index (κ2) is 7.67. The lowest BCUT2D eigenvalue weighted by Gasteiger charge is -2.14. The molecule has 126 valence electrons. The molecule has 2 aromatic carbocycles. The number of carbonyl (C=O) groups excluding carboxylic acids is 1. The van der Waals surface area contributed by atoms with E-state index in [0.717, 1.165) is 17.3 Å². The summed E-state index contributed by atoms with van der Waals surface area (Å²) in [7, 11) is 3.21. The number of rotatable bonds is 5. The lowest BCUT2D eigenvalue weighted by Crippen LogP contribution is -2.22. The predicted octanol–water partition coefficient (Wildman–Crippen LogP) is 4.05. The van der Waals surface area contributed by atoms with E-state index in [1.165, 1.54) is 23.1 Å². The number of phenolic OH excluding ortho intramolecular Hbond substituents is 1. The van der Waals surface area contributed by atoms with Crippen LogP contribution >= 0.6 is 27.7 Å². The minimum absolute atomic E-state index is 0.0201. The van der Waals surface area contributed by atoms with E-state index in [0.29, 0.717) is 20.7 Å². The quantitative estimate of drug-likeness (QED) is 0.456. The number of nitro groups is 1. The standard InChI is InChI=1S/C16H15BrN2O4S/c1-18(2)16(21)12-8-11(20)4-6-14(12)24-15-5-3-10(9-17)7-13(15)19(22)23/h3-8,20H,9H2,1-2H3. The van der Waals surface area contributed by atoms with Gasteiger partial charge >= 0.3 is 0 Å². The molecule has 0 heterocycles. The zero-order valence-corrected chi connectivity index (χ0v) is 15.4. The van der Waals surface area contributed by atoms with E-state index in [4.69, 9.17) is 0 Å². The number of aromatic hydroxyl groups is 1. The second-order valence-electron chi connectivity index (χ2n) is 5.17. The van der Waals surface area contributed by atoms with Gasteiger partial charge in [0.2, 0.25) is 0 Å². The molecular weight excluding hydrogens is 396 g/mol. The third kappa shape index (κ3) is 4.07. The van der Waals surface area contributed by atoms with Crippen molar-refractivity contribution < 1.29 is 14.8 Å². The summed E-state index contributed by atoms with van der Waals surface area (Å²) in [5, 5.41) is 21.5. The molecule has 0 radical (unpaired) electrons. The van der Waals surface area contributed by atoms with Crippen molar-refractivity contribution in [2.45, 2.75) is 15.1 Å². The molecule has 0 saturated heterocycles. The Bertz CT molecular complexity index is 796. The van der Waals surface area contributed by atoms with Gasteiger partial charge in [0, 0.05) is 30.4 Å². The van der Waals surface area contributed by atoms with Crippen LogP contribution in [0.15, 0.2) is 46.2 Å². The van der Waals surface area contributed by atoms with Gasteiger partial charge in [0.05, 0.1) is 15.4 Å². The van der Waals surface area contributed by atoms with Gasteiger partial charge in [-0.3, -0.25) is 14.9 Å². The molecular formula is C16H15BrN2O4S. The fourth-order valence-corrected chi connectivity index (χ4v) is 3.36. The first-order chi connectivity index (χ1) is 11.3. The molecule has 0 aromatic heterocycles. The van der Waals surface area contributed by atoms with Crippen molar-refractivity contribution in [3.8, 4) is 5.75 Å². The van der Waals surface area contributed by atoms with Crippen LogP contribution in [0.2, 0.25) is 0 Å². The lowest BCUT2D eigenvalue weighted by molar-refractivity contribution is -0.387. The van der Waals surface area contributed by atoms with Gasteiger partial charge in [-0.1, -0.05) is 33.8 Å². The fourth-order valence-electron chi connectivity index (χ4n) is 2.01. The van der Waals surface area contributed by atoms with Crippen molar-refractivity contribution in [3.05, 3.63) is 57.6 Å². The molecule has 0 unspecified atom stereocenters. The normalized spacial score (nSPS) is 10.5. The first-order valence-corrected chi connectivity index (χ1v) is 8.83. The third-order valence-electron chi connectivity index (χ3n) is 3.19. The molecule has 2 rings (SSSR count). The maximum atomic E-state index is 12.3. The van der Waals surface area contributed by atoms with Crippen molar-refractivity contribution in [1.82, 2.24) is 4.90 Å². The third-order valence-corrected chi connectivity index (χ3v) is 4.98. The van der Waals surface area contributed by atoms with Crippen molar-refractivity contribution in [2.24, 2.45) is 0 Å². The number of nitrogens with zero attached hydrogens (tertiary/aromatic N) is 2. The molecule has 0 aliphatic rings. The highest BCUT2D eigenvalue weighted by Gasteiger charge is 2.20. The summed E-state index contributed by atoms with van der Waals surface area (Å²) in [5.41, 5.74) is 1.07. The molecule has 1 amide bonds. The summed E-state index contributed by atoms with van der Waals surface area (Å²) >= 11 is 4.41. The Balaban J connectivity index is 2.49. The molecule has 8 heteroatoms. The number of carbonyl (C=O) groups is 1. The molecule has 6 nitrogen and oxygen atoms in total. The first kappa shape index (κ1) is 18.3. The van der Waals surface area contributed by atoms with Crippen molar-refractivity contribution in [3.63, 3.8) is 0 Å². The smallest absolute Gasteiger partial charge is 0.283 e. The van der Waals surface area contributed by atoms with Gasteiger partial charge in [-0.2, -0.15) is 0 Å². The maximum absolute atomic E-state index is 12.3. The summed E-state index contributed by atoms with van der Waals surface area (Å²) in [5.74, 6) is -0.318. The molecule has 24 heavy (non-hydrogen) atoms. The average Bonchev–Trinajstić information content (AvgIpc) is 2.55. The lowest BCUT2D eigenvalue weighted by atomic mass is 10.2. The van der Waals surface area contributed by atoms with Gasteiger partial charge in [0.25, 0.3) is 11.6 Å². The van der Waals surface area contributed by atoms with Crippen LogP contribution in [-0.4, -0.2) is 34.9 Å². The molecule has 0 fully saturated rings. The van der Waals surface area contributed by atoms with Crippen molar-refractivity contribution in [1.29, 1.82) is 0 Å². The van der Waals surface area contributed by atoms with Crippen LogP contribution in [0, 0.1) is 10.1 Å². The van der Waals surface area contributed by atoms with E-state index in [1.54, 1.807) is 32.3 Å². The summed E-state index contributed by atoms with van der Waals surface area (Å²) in [6, 6.07) is 9.36. The maximum Gasteiger partial charge on any atom is 0.283 e. The van der Waals surface area contributed by atoms with E-state index in [2.05, 4.69) is 15.9 Å². The minimum Gasteiger partial charge on any atom is -0.508 e. The zero-order valence-electron chi connectivity index (χ0n) is 13.0. The van der Waals surface area contributed by atoms with Crippen LogP contribution < -0.4 is 0 Å². The molecule has 0 bridgehead atoms. The Morgan fingerprint density at radius 3 is 2.50 bits per heavy atom. The number of nitro benzene ring substituents is 1. The highest BCUT2D eigenvalue weighted by atomic mass is 79.9. The largest absolute Gasteiger partial charge is 0.508 e. The average molecular weight is 411 g/mol. The van der Waals surface area contributed by atoms with Gasteiger partial charge in [-0.05, 0) is 29.8 Å². The van der Waals surface area contributed by atoms with E-state index >= 15 is 0 Å². The van der Waals surface area contributed by atoms with Crippen LogP contribution in [0.5, 0.6) is 5.75 Å². The molecule has 0 saturated carbocycles. The molecule has 0 aliphatic heterocycles. The van der Waals surface area contributed by atoms with E-state index in [1.807, 2.05) is 0 Å². The number of alkyl halides is 1. The highest BCUT2D eigenvalue weighted by Crippen LogP contribution is 2.38.